The van der Waals surface area contributed by atoms with E-state index in [1.54, 1.807) is 26.8 Å². The number of carboxylic acids is 1. The number of urea groups is 1. The van der Waals surface area contributed by atoms with Crippen LogP contribution in [0.2, 0.25) is 10.0 Å². The van der Waals surface area contributed by atoms with Crippen LogP contribution in [0.4, 0.5) is 10.5 Å². The van der Waals surface area contributed by atoms with Crippen LogP contribution in [0.1, 0.15) is 20.8 Å². The Hall–Kier alpha value is -1.46. The monoisotopic (exact) mass is 318 g/mol. The molecule has 0 bridgehead atoms. The first kappa shape index (κ1) is 16.6. The average Bonchev–Trinajstić information content (AvgIpc) is 2.28. The van der Waals surface area contributed by atoms with Crippen molar-refractivity contribution in [2.75, 3.05) is 5.32 Å². The summed E-state index contributed by atoms with van der Waals surface area (Å²) >= 11 is 11.7. The summed E-state index contributed by atoms with van der Waals surface area (Å²) in [6.07, 6.45) is 0. The number of aliphatic carboxylic acids is 1. The van der Waals surface area contributed by atoms with E-state index in [1.807, 2.05) is 0 Å². The number of carbonyl (C=O) groups excluding carboxylic acids is 1. The van der Waals surface area contributed by atoms with Crippen LogP contribution < -0.4 is 10.6 Å². The Morgan fingerprint density at radius 2 is 1.85 bits per heavy atom. The van der Waals surface area contributed by atoms with Crippen LogP contribution in [0.15, 0.2) is 18.2 Å². The number of halogens is 2. The summed E-state index contributed by atoms with van der Waals surface area (Å²) in [5.74, 6) is -1.10. The molecule has 1 unspecified atom stereocenters. The van der Waals surface area contributed by atoms with Crippen LogP contribution in [0.25, 0.3) is 0 Å². The van der Waals surface area contributed by atoms with E-state index in [1.165, 1.54) is 12.1 Å². The Kier molecular flexibility index (Phi) is 5.25. The molecule has 0 aliphatic heterocycles. The van der Waals surface area contributed by atoms with Gasteiger partial charge in [0.25, 0.3) is 0 Å². The fourth-order valence-electron chi connectivity index (χ4n) is 1.53. The van der Waals surface area contributed by atoms with Crippen LogP contribution in [-0.4, -0.2) is 23.1 Å². The standard InChI is InChI=1S/C13H16Cl2N2O3/c1-13(2,3)10(11(18)19)17-12(20)16-9-5-4-7(14)6-8(9)15/h4-6,10H,1-3H3,(H,18,19)(H2,16,17,20). The summed E-state index contributed by atoms with van der Waals surface area (Å²) in [7, 11) is 0. The van der Waals surface area contributed by atoms with E-state index in [0.29, 0.717) is 10.7 Å². The third-order valence-electron chi connectivity index (χ3n) is 2.57. The first-order valence-electron chi connectivity index (χ1n) is 5.86. The number of rotatable bonds is 3. The molecular formula is C13H16Cl2N2O3. The van der Waals surface area contributed by atoms with Gasteiger partial charge in [-0.1, -0.05) is 44.0 Å². The number of hydrogen-bond donors (Lipinski definition) is 3. The van der Waals surface area contributed by atoms with E-state index in [-0.39, 0.29) is 5.02 Å². The highest BCUT2D eigenvalue weighted by molar-refractivity contribution is 6.36. The number of anilines is 1. The molecule has 0 aromatic heterocycles. The van der Waals surface area contributed by atoms with Crippen molar-refractivity contribution < 1.29 is 14.7 Å². The maximum absolute atomic E-state index is 11.8. The van der Waals surface area contributed by atoms with E-state index in [0.717, 1.165) is 0 Å². The largest absolute Gasteiger partial charge is 0.480 e. The molecule has 0 radical (unpaired) electrons. The van der Waals surface area contributed by atoms with Crippen LogP contribution >= 0.6 is 23.2 Å². The zero-order chi connectivity index (χ0) is 15.5. The molecule has 1 aromatic carbocycles. The maximum Gasteiger partial charge on any atom is 0.326 e. The first-order valence-corrected chi connectivity index (χ1v) is 6.62. The normalized spacial score (nSPS) is 12.7. The van der Waals surface area contributed by atoms with E-state index in [2.05, 4.69) is 10.6 Å². The minimum absolute atomic E-state index is 0.273. The molecule has 2 amide bonds. The van der Waals surface area contributed by atoms with E-state index < -0.39 is 23.5 Å². The van der Waals surface area contributed by atoms with Gasteiger partial charge in [-0.25, -0.2) is 9.59 Å². The van der Waals surface area contributed by atoms with Gasteiger partial charge in [0.15, 0.2) is 0 Å². The SMILES string of the molecule is CC(C)(C)C(NC(=O)Nc1ccc(Cl)cc1Cl)C(=O)O. The van der Waals surface area contributed by atoms with Crippen molar-refractivity contribution in [3.63, 3.8) is 0 Å². The smallest absolute Gasteiger partial charge is 0.326 e. The van der Waals surface area contributed by atoms with Crippen molar-refractivity contribution in [2.45, 2.75) is 26.8 Å². The predicted molar refractivity (Wildman–Crippen MR) is 79.5 cm³/mol. The summed E-state index contributed by atoms with van der Waals surface area (Å²) in [5.41, 5.74) is -0.265. The predicted octanol–water partition coefficient (Wildman–Crippen LogP) is 3.61. The molecule has 110 valence electrons. The van der Waals surface area contributed by atoms with Crippen molar-refractivity contribution in [1.29, 1.82) is 0 Å². The molecule has 5 nitrogen and oxygen atoms in total. The summed E-state index contributed by atoms with van der Waals surface area (Å²) in [6, 6.07) is 2.93. The number of carboxylic acid groups (broad SMARTS) is 1. The number of benzene rings is 1. The lowest BCUT2D eigenvalue weighted by Crippen LogP contribution is -2.50. The lowest BCUT2D eigenvalue weighted by molar-refractivity contribution is -0.141. The molecule has 0 spiro atoms. The Morgan fingerprint density at radius 1 is 1.25 bits per heavy atom. The van der Waals surface area contributed by atoms with E-state index in [9.17, 15) is 9.59 Å². The fourth-order valence-corrected chi connectivity index (χ4v) is 1.98. The average molecular weight is 319 g/mol. The molecule has 0 aliphatic carbocycles. The van der Waals surface area contributed by atoms with Crippen molar-refractivity contribution in [3.05, 3.63) is 28.2 Å². The topological polar surface area (TPSA) is 78.4 Å². The molecule has 1 aromatic rings. The first-order chi connectivity index (χ1) is 9.11. The van der Waals surface area contributed by atoms with E-state index >= 15 is 0 Å². The quantitative estimate of drug-likeness (QED) is 0.796. The van der Waals surface area contributed by atoms with Gasteiger partial charge in [-0.05, 0) is 23.6 Å². The van der Waals surface area contributed by atoms with Gasteiger partial charge in [0, 0.05) is 5.02 Å². The Labute approximate surface area is 127 Å². The zero-order valence-electron chi connectivity index (χ0n) is 11.3. The second-order valence-corrected chi connectivity index (χ2v) is 6.20. The van der Waals surface area contributed by atoms with Gasteiger partial charge >= 0.3 is 12.0 Å². The Balaban J connectivity index is 2.79. The van der Waals surface area contributed by atoms with Crippen molar-refractivity contribution >= 4 is 40.9 Å². The van der Waals surface area contributed by atoms with Gasteiger partial charge in [-0.3, -0.25) is 0 Å². The maximum atomic E-state index is 11.8. The lowest BCUT2D eigenvalue weighted by atomic mass is 9.87. The van der Waals surface area contributed by atoms with Crippen molar-refractivity contribution in [2.24, 2.45) is 5.41 Å². The molecule has 20 heavy (non-hydrogen) atoms. The van der Waals surface area contributed by atoms with Gasteiger partial charge in [-0.2, -0.15) is 0 Å². The summed E-state index contributed by atoms with van der Waals surface area (Å²) < 4.78 is 0. The number of nitrogens with one attached hydrogen (secondary N) is 2. The summed E-state index contributed by atoms with van der Waals surface area (Å²) in [6.45, 7) is 5.17. The summed E-state index contributed by atoms with van der Waals surface area (Å²) in [5, 5.41) is 14.7. The molecule has 0 saturated heterocycles. The molecule has 3 N–H and O–H groups in total. The van der Waals surface area contributed by atoms with Gasteiger partial charge in [0.1, 0.15) is 6.04 Å². The van der Waals surface area contributed by atoms with Crippen LogP contribution in [0, 0.1) is 5.41 Å². The molecule has 0 saturated carbocycles. The van der Waals surface area contributed by atoms with Crippen LogP contribution in [0.3, 0.4) is 0 Å². The highest BCUT2D eigenvalue weighted by Crippen LogP contribution is 2.25. The molecule has 1 rings (SSSR count). The minimum Gasteiger partial charge on any atom is -0.480 e. The van der Waals surface area contributed by atoms with Crippen LogP contribution in [0.5, 0.6) is 0 Å². The second-order valence-electron chi connectivity index (χ2n) is 5.36. The molecular weight excluding hydrogens is 303 g/mol. The van der Waals surface area contributed by atoms with Gasteiger partial charge in [0.2, 0.25) is 0 Å². The van der Waals surface area contributed by atoms with Gasteiger partial charge < -0.3 is 15.7 Å². The Bertz CT molecular complexity index is 527. The van der Waals surface area contributed by atoms with Gasteiger partial charge in [0.05, 0.1) is 10.7 Å². The molecule has 0 aliphatic rings. The fraction of sp³-hybridized carbons (Fsp3) is 0.385. The van der Waals surface area contributed by atoms with E-state index in [4.69, 9.17) is 28.3 Å². The molecule has 7 heteroatoms. The van der Waals surface area contributed by atoms with Crippen molar-refractivity contribution in [1.82, 2.24) is 5.32 Å². The highest BCUT2D eigenvalue weighted by Gasteiger charge is 2.32. The third-order valence-corrected chi connectivity index (χ3v) is 3.12. The zero-order valence-corrected chi connectivity index (χ0v) is 12.8. The number of hydrogen-bond acceptors (Lipinski definition) is 2. The third kappa shape index (κ3) is 4.58. The Morgan fingerprint density at radius 3 is 2.30 bits per heavy atom. The molecule has 0 fully saturated rings. The highest BCUT2D eigenvalue weighted by atomic mass is 35.5. The number of amides is 2. The summed E-state index contributed by atoms with van der Waals surface area (Å²) in [4.78, 5) is 23.0. The van der Waals surface area contributed by atoms with Crippen LogP contribution in [-0.2, 0) is 4.79 Å². The van der Waals surface area contributed by atoms with Crippen molar-refractivity contribution in [3.8, 4) is 0 Å². The lowest BCUT2D eigenvalue weighted by Gasteiger charge is -2.27. The molecule has 0 heterocycles. The molecule has 1 atom stereocenters. The van der Waals surface area contributed by atoms with Gasteiger partial charge in [-0.15, -0.1) is 0 Å². The second kappa shape index (κ2) is 6.33. The number of carbonyl (C=O) groups is 2. The minimum atomic E-state index is -1.10.